The van der Waals surface area contributed by atoms with Crippen molar-refractivity contribution in [2.75, 3.05) is 20.6 Å². The summed E-state index contributed by atoms with van der Waals surface area (Å²) in [5, 5.41) is 12.9. The zero-order chi connectivity index (χ0) is 31.4. The number of benzene rings is 1. The van der Waals surface area contributed by atoms with Gasteiger partial charge in [0, 0.05) is 43.0 Å². The summed E-state index contributed by atoms with van der Waals surface area (Å²) in [6.45, 7) is 10.8. The Kier molecular flexibility index (Phi) is 9.86. The highest BCUT2D eigenvalue weighted by Gasteiger charge is 2.28. The number of hydrogen-bond donors (Lipinski definition) is 2. The number of rotatable bonds is 12. The first-order chi connectivity index (χ1) is 20.3. The van der Waals surface area contributed by atoms with Gasteiger partial charge in [-0.05, 0) is 93.1 Å². The molecule has 228 valence electrons. The lowest BCUT2D eigenvalue weighted by atomic mass is 9.93. The molecule has 0 saturated heterocycles. The molecule has 1 aromatic carbocycles. The smallest absolute Gasteiger partial charge is 0.305 e. The minimum atomic E-state index is -1.04. The van der Waals surface area contributed by atoms with Gasteiger partial charge in [-0.15, -0.1) is 0 Å². The van der Waals surface area contributed by atoms with Crippen LogP contribution in [0.5, 0.6) is 0 Å². The lowest BCUT2D eigenvalue weighted by Crippen LogP contribution is -2.40. The minimum Gasteiger partial charge on any atom is -0.481 e. The molecule has 2 unspecified atom stereocenters. The monoisotopic (exact) mass is 585 g/mol. The van der Waals surface area contributed by atoms with E-state index in [1.165, 1.54) is 4.57 Å². The van der Waals surface area contributed by atoms with Crippen molar-refractivity contribution in [3.05, 3.63) is 93.3 Å². The second kappa shape index (κ2) is 13.4. The summed E-state index contributed by atoms with van der Waals surface area (Å²) >= 11 is 0. The summed E-state index contributed by atoms with van der Waals surface area (Å²) in [6.07, 6.45) is 8.00. The number of aryl methyl sites for hydroxylation is 3. The van der Waals surface area contributed by atoms with Gasteiger partial charge in [-0.2, -0.15) is 0 Å². The highest BCUT2D eigenvalue weighted by atomic mass is 16.4. The molecule has 3 aromatic heterocycles. The number of nitrogens with zero attached hydrogens (tertiary/aromatic N) is 4. The molecule has 2 N–H and O–H groups in total. The molecule has 9 heteroatoms. The fourth-order valence-electron chi connectivity index (χ4n) is 5.69. The number of imidazole rings is 1. The molecule has 4 aromatic rings. The highest BCUT2D eigenvalue weighted by Crippen LogP contribution is 2.33. The number of aliphatic carboxylic acids is 1. The Bertz CT molecular complexity index is 1660. The normalized spacial score (nSPS) is 13.0. The summed E-state index contributed by atoms with van der Waals surface area (Å²) in [7, 11) is 3.99. The molecule has 0 aliphatic heterocycles. The molecule has 0 aliphatic carbocycles. The van der Waals surface area contributed by atoms with Gasteiger partial charge >= 0.3 is 5.97 Å². The van der Waals surface area contributed by atoms with Crippen LogP contribution in [-0.2, 0) is 16.0 Å². The number of likely N-dealkylation sites (N-methyl/N-ethyl adjacent to an activating group) is 1. The van der Waals surface area contributed by atoms with Crippen molar-refractivity contribution in [3.63, 3.8) is 0 Å². The number of carboxylic acid groups (broad SMARTS) is 1. The van der Waals surface area contributed by atoms with Gasteiger partial charge in [0.25, 0.3) is 5.56 Å². The number of fused-ring (bicyclic) bond motifs is 1. The summed E-state index contributed by atoms with van der Waals surface area (Å²) < 4.78 is 3.39. The molecule has 1 amide bonds. The molecule has 4 rings (SSSR count). The predicted octanol–water partition coefficient (Wildman–Crippen LogP) is 5.11. The SMILES string of the molecule is Cc1cc(=O)n(C(CC(C)C)C(=O)NC(CC(=O)O)c2cc(-c3c(C)cccc3C)c3nccn3c2)cc1CCN(C)C. The number of carboxylic acids is 1. The standard InChI is InChI=1S/C34H43N5O4/c1-21(2)15-29(39-20-25(11-13-37(6)7)24(5)16-30(39)40)34(43)36-28(18-31(41)42)26-17-27(33-35-12-14-38(33)19-26)32-22(3)9-8-10-23(32)4/h8-10,12,14,16-17,19-21,28-29H,11,13,15,18H2,1-7H3,(H,36,43)(H,41,42). The van der Waals surface area contributed by atoms with Crippen LogP contribution in [0.4, 0.5) is 0 Å². The molecule has 3 heterocycles. The van der Waals surface area contributed by atoms with Gasteiger partial charge in [0.2, 0.25) is 5.91 Å². The first-order valence-corrected chi connectivity index (χ1v) is 14.8. The molecule has 0 spiro atoms. The maximum absolute atomic E-state index is 14.0. The molecule has 0 radical (unpaired) electrons. The summed E-state index contributed by atoms with van der Waals surface area (Å²) in [5.74, 6) is -1.31. The average Bonchev–Trinajstić information content (AvgIpc) is 3.39. The lowest BCUT2D eigenvalue weighted by molar-refractivity contribution is -0.138. The van der Waals surface area contributed by atoms with E-state index in [9.17, 15) is 19.5 Å². The first-order valence-electron chi connectivity index (χ1n) is 14.8. The topological polar surface area (TPSA) is 109 Å². The Hall–Kier alpha value is -4.24. The number of aromatic nitrogens is 3. The van der Waals surface area contributed by atoms with Crippen molar-refractivity contribution < 1.29 is 14.7 Å². The third kappa shape index (κ3) is 7.40. The fourth-order valence-corrected chi connectivity index (χ4v) is 5.69. The van der Waals surface area contributed by atoms with E-state index in [0.717, 1.165) is 52.0 Å². The molecule has 2 atom stereocenters. The van der Waals surface area contributed by atoms with Crippen LogP contribution in [0.25, 0.3) is 16.8 Å². The van der Waals surface area contributed by atoms with E-state index in [2.05, 4.69) is 15.2 Å². The zero-order valence-electron chi connectivity index (χ0n) is 26.2. The van der Waals surface area contributed by atoms with E-state index in [0.29, 0.717) is 12.0 Å². The van der Waals surface area contributed by atoms with Gasteiger partial charge in [0.15, 0.2) is 0 Å². The Balaban J connectivity index is 1.78. The van der Waals surface area contributed by atoms with Gasteiger partial charge < -0.3 is 24.3 Å². The molecular weight excluding hydrogens is 542 g/mol. The highest BCUT2D eigenvalue weighted by molar-refractivity contribution is 5.84. The maximum atomic E-state index is 14.0. The van der Waals surface area contributed by atoms with Crippen molar-refractivity contribution in [2.45, 2.75) is 66.0 Å². The van der Waals surface area contributed by atoms with Crippen LogP contribution in [0, 0.1) is 26.7 Å². The zero-order valence-corrected chi connectivity index (χ0v) is 26.2. The number of carbonyl (C=O) groups excluding carboxylic acids is 1. The Morgan fingerprint density at radius 2 is 1.74 bits per heavy atom. The van der Waals surface area contributed by atoms with Crippen LogP contribution in [0.1, 0.15) is 66.6 Å². The van der Waals surface area contributed by atoms with Crippen LogP contribution >= 0.6 is 0 Å². The fraction of sp³-hybridized carbons (Fsp3) is 0.412. The van der Waals surface area contributed by atoms with E-state index in [-0.39, 0.29) is 23.8 Å². The van der Waals surface area contributed by atoms with Crippen LogP contribution < -0.4 is 10.9 Å². The van der Waals surface area contributed by atoms with Gasteiger partial charge in [-0.3, -0.25) is 14.4 Å². The molecular formula is C34H43N5O4. The molecule has 43 heavy (non-hydrogen) atoms. The first kappa shape index (κ1) is 31.7. The third-order valence-corrected chi connectivity index (χ3v) is 7.91. The maximum Gasteiger partial charge on any atom is 0.305 e. The summed E-state index contributed by atoms with van der Waals surface area (Å²) in [5.41, 5.74) is 7.06. The third-order valence-electron chi connectivity index (χ3n) is 7.91. The van der Waals surface area contributed by atoms with Crippen molar-refractivity contribution in [2.24, 2.45) is 5.92 Å². The second-order valence-corrected chi connectivity index (χ2v) is 12.2. The molecule has 0 saturated carbocycles. The summed E-state index contributed by atoms with van der Waals surface area (Å²) in [6, 6.07) is 7.97. The van der Waals surface area contributed by atoms with Crippen molar-refractivity contribution in [1.29, 1.82) is 0 Å². The Morgan fingerprint density at radius 1 is 1.05 bits per heavy atom. The van der Waals surface area contributed by atoms with E-state index in [1.54, 1.807) is 18.5 Å². The van der Waals surface area contributed by atoms with E-state index < -0.39 is 18.1 Å². The van der Waals surface area contributed by atoms with Crippen LogP contribution in [0.2, 0.25) is 0 Å². The van der Waals surface area contributed by atoms with Crippen LogP contribution in [0.15, 0.2) is 59.9 Å². The van der Waals surface area contributed by atoms with E-state index in [4.69, 9.17) is 0 Å². The average molecular weight is 586 g/mol. The molecule has 0 fully saturated rings. The van der Waals surface area contributed by atoms with Crippen molar-refractivity contribution in [1.82, 2.24) is 24.2 Å². The number of amides is 1. The van der Waals surface area contributed by atoms with Gasteiger partial charge in [-0.25, -0.2) is 4.98 Å². The lowest BCUT2D eigenvalue weighted by Gasteiger charge is -2.26. The molecule has 9 nitrogen and oxygen atoms in total. The number of hydrogen-bond acceptors (Lipinski definition) is 5. The van der Waals surface area contributed by atoms with Crippen LogP contribution in [-0.4, -0.2) is 56.5 Å². The number of pyridine rings is 2. The van der Waals surface area contributed by atoms with E-state index in [1.807, 2.05) is 89.8 Å². The van der Waals surface area contributed by atoms with Crippen molar-refractivity contribution >= 4 is 17.5 Å². The predicted molar refractivity (Wildman–Crippen MR) is 169 cm³/mol. The van der Waals surface area contributed by atoms with Gasteiger partial charge in [-0.1, -0.05) is 32.0 Å². The van der Waals surface area contributed by atoms with Gasteiger partial charge in [0.05, 0.1) is 12.5 Å². The minimum absolute atomic E-state index is 0.116. The summed E-state index contributed by atoms with van der Waals surface area (Å²) in [4.78, 5) is 46.0. The Morgan fingerprint density at radius 3 is 2.37 bits per heavy atom. The number of carbonyl (C=O) groups is 2. The van der Waals surface area contributed by atoms with Gasteiger partial charge in [0.1, 0.15) is 11.7 Å². The quantitative estimate of drug-likeness (QED) is 0.239. The van der Waals surface area contributed by atoms with Crippen LogP contribution in [0.3, 0.4) is 0 Å². The van der Waals surface area contributed by atoms with E-state index >= 15 is 0 Å². The van der Waals surface area contributed by atoms with Crippen molar-refractivity contribution in [3.8, 4) is 11.1 Å². The number of nitrogens with one attached hydrogen (secondary N) is 1. The largest absolute Gasteiger partial charge is 0.481 e. The Labute approximate surface area is 253 Å². The second-order valence-electron chi connectivity index (χ2n) is 12.2. The molecule has 0 aliphatic rings. The molecule has 0 bridgehead atoms.